The maximum Gasteiger partial charge on any atom is 0.0378 e. The van der Waals surface area contributed by atoms with Crippen LogP contribution in [0.2, 0.25) is 0 Å². The van der Waals surface area contributed by atoms with Gasteiger partial charge < -0.3 is 10.2 Å². The monoisotopic (exact) mass is 246 g/mol. The molecule has 1 aromatic carbocycles. The molecule has 1 N–H and O–H groups in total. The van der Waals surface area contributed by atoms with Crippen molar-refractivity contribution >= 4 is 0 Å². The number of nitrogens with one attached hydrogen (secondary N) is 1. The molecule has 2 nitrogen and oxygen atoms in total. The molecular weight excluding hydrogens is 220 g/mol. The Morgan fingerprint density at radius 1 is 1.33 bits per heavy atom. The highest BCUT2D eigenvalue weighted by atomic mass is 15.1. The molecule has 2 rings (SSSR count). The van der Waals surface area contributed by atoms with Crippen LogP contribution in [-0.2, 0) is 6.42 Å². The van der Waals surface area contributed by atoms with E-state index >= 15 is 0 Å². The summed E-state index contributed by atoms with van der Waals surface area (Å²) in [6, 6.07) is 9.37. The molecule has 1 unspecified atom stereocenters. The maximum atomic E-state index is 3.75. The van der Waals surface area contributed by atoms with E-state index in [1.807, 2.05) is 0 Å². The smallest absolute Gasteiger partial charge is 0.0378 e. The van der Waals surface area contributed by atoms with E-state index in [2.05, 4.69) is 62.3 Å². The predicted octanol–water partition coefficient (Wildman–Crippen LogP) is 2.85. The van der Waals surface area contributed by atoms with Crippen LogP contribution in [0.25, 0.3) is 0 Å². The molecule has 0 aliphatic heterocycles. The second-order valence-corrected chi connectivity index (χ2v) is 6.15. The molecule has 18 heavy (non-hydrogen) atoms. The first-order chi connectivity index (χ1) is 8.54. The third-order valence-corrected chi connectivity index (χ3v) is 4.18. The standard InChI is InChI=1S/C16H26N2/c1-5-18(4)11-10-17-15-14-9-7-6-8-13(14)12-16(15,2)3/h6-9,15,17H,5,10-12H2,1-4H3. The van der Waals surface area contributed by atoms with Crippen molar-refractivity contribution in [1.82, 2.24) is 10.2 Å². The van der Waals surface area contributed by atoms with Gasteiger partial charge in [-0.1, -0.05) is 45.0 Å². The van der Waals surface area contributed by atoms with Gasteiger partial charge in [0.2, 0.25) is 0 Å². The van der Waals surface area contributed by atoms with Crippen LogP contribution in [-0.4, -0.2) is 31.6 Å². The number of hydrogen-bond donors (Lipinski definition) is 1. The molecule has 0 saturated carbocycles. The SMILES string of the molecule is CCN(C)CCNC1c2ccccc2CC1(C)C. The first-order valence-corrected chi connectivity index (χ1v) is 7.04. The molecule has 0 fully saturated rings. The summed E-state index contributed by atoms with van der Waals surface area (Å²) >= 11 is 0. The summed E-state index contributed by atoms with van der Waals surface area (Å²) in [6.07, 6.45) is 1.18. The highest BCUT2D eigenvalue weighted by molar-refractivity contribution is 5.37. The van der Waals surface area contributed by atoms with E-state index in [4.69, 9.17) is 0 Å². The number of rotatable bonds is 5. The van der Waals surface area contributed by atoms with Gasteiger partial charge in [-0.3, -0.25) is 0 Å². The van der Waals surface area contributed by atoms with E-state index in [1.165, 1.54) is 17.5 Å². The largest absolute Gasteiger partial charge is 0.308 e. The van der Waals surface area contributed by atoms with Crippen LogP contribution < -0.4 is 5.32 Å². The fourth-order valence-corrected chi connectivity index (χ4v) is 2.93. The maximum absolute atomic E-state index is 3.75. The van der Waals surface area contributed by atoms with Gasteiger partial charge in [0.15, 0.2) is 0 Å². The molecule has 2 heteroatoms. The summed E-state index contributed by atoms with van der Waals surface area (Å²) in [7, 11) is 2.18. The molecule has 0 saturated heterocycles. The molecule has 0 bridgehead atoms. The van der Waals surface area contributed by atoms with Crippen LogP contribution in [0.4, 0.5) is 0 Å². The molecule has 100 valence electrons. The summed E-state index contributed by atoms with van der Waals surface area (Å²) in [6.45, 7) is 10.2. The Morgan fingerprint density at radius 3 is 2.78 bits per heavy atom. The minimum absolute atomic E-state index is 0.328. The summed E-state index contributed by atoms with van der Waals surface area (Å²) < 4.78 is 0. The second-order valence-electron chi connectivity index (χ2n) is 6.15. The Bertz CT molecular complexity index is 398. The zero-order valence-corrected chi connectivity index (χ0v) is 12.2. The lowest BCUT2D eigenvalue weighted by molar-refractivity contribution is 0.254. The summed E-state index contributed by atoms with van der Waals surface area (Å²) in [5.41, 5.74) is 3.35. The minimum atomic E-state index is 0.328. The highest BCUT2D eigenvalue weighted by Gasteiger charge is 2.37. The number of benzene rings is 1. The average Bonchev–Trinajstić information content (AvgIpc) is 2.60. The van der Waals surface area contributed by atoms with Gasteiger partial charge in [-0.05, 0) is 36.6 Å². The van der Waals surface area contributed by atoms with Crippen LogP contribution >= 0.6 is 0 Å². The quantitative estimate of drug-likeness (QED) is 0.859. The lowest BCUT2D eigenvalue weighted by atomic mass is 9.85. The molecule has 1 aliphatic rings. The fourth-order valence-electron chi connectivity index (χ4n) is 2.93. The molecule has 0 spiro atoms. The summed E-state index contributed by atoms with van der Waals surface area (Å²) in [5, 5.41) is 3.75. The van der Waals surface area contributed by atoms with Gasteiger partial charge in [-0.15, -0.1) is 0 Å². The van der Waals surface area contributed by atoms with Crippen LogP contribution in [0.1, 0.15) is 37.9 Å². The molecule has 0 aromatic heterocycles. The second kappa shape index (κ2) is 5.41. The molecule has 1 aromatic rings. The van der Waals surface area contributed by atoms with Crippen molar-refractivity contribution in [1.29, 1.82) is 0 Å². The first kappa shape index (κ1) is 13.6. The van der Waals surface area contributed by atoms with Crippen molar-refractivity contribution in [3.05, 3.63) is 35.4 Å². The Morgan fingerprint density at radius 2 is 2.06 bits per heavy atom. The number of likely N-dealkylation sites (N-methyl/N-ethyl adjacent to an activating group) is 1. The summed E-state index contributed by atoms with van der Waals surface area (Å²) in [5.74, 6) is 0. The van der Waals surface area contributed by atoms with Crippen molar-refractivity contribution in [3.8, 4) is 0 Å². The van der Waals surface area contributed by atoms with E-state index in [0.29, 0.717) is 11.5 Å². The topological polar surface area (TPSA) is 15.3 Å². The Hall–Kier alpha value is -0.860. The molecule has 0 heterocycles. The van der Waals surface area contributed by atoms with E-state index in [0.717, 1.165) is 19.6 Å². The molecule has 0 radical (unpaired) electrons. The van der Waals surface area contributed by atoms with Crippen molar-refractivity contribution in [2.45, 2.75) is 33.2 Å². The zero-order valence-electron chi connectivity index (χ0n) is 12.2. The van der Waals surface area contributed by atoms with Crippen LogP contribution in [0, 0.1) is 5.41 Å². The Balaban J connectivity index is 2.02. The first-order valence-electron chi connectivity index (χ1n) is 7.04. The Labute approximate surface area is 111 Å². The molecule has 0 amide bonds. The Kier molecular flexibility index (Phi) is 4.08. The number of nitrogens with zero attached hydrogens (tertiary/aromatic N) is 1. The molecule has 1 atom stereocenters. The normalized spacial score (nSPS) is 21.3. The van der Waals surface area contributed by atoms with Crippen LogP contribution in [0.3, 0.4) is 0 Å². The lowest BCUT2D eigenvalue weighted by Gasteiger charge is -2.29. The third kappa shape index (κ3) is 2.76. The van der Waals surface area contributed by atoms with Gasteiger partial charge in [0.05, 0.1) is 0 Å². The van der Waals surface area contributed by atoms with Crippen LogP contribution in [0.5, 0.6) is 0 Å². The van der Waals surface area contributed by atoms with E-state index < -0.39 is 0 Å². The number of hydrogen-bond acceptors (Lipinski definition) is 2. The van der Waals surface area contributed by atoms with E-state index in [1.54, 1.807) is 0 Å². The highest BCUT2D eigenvalue weighted by Crippen LogP contribution is 2.44. The average molecular weight is 246 g/mol. The third-order valence-electron chi connectivity index (χ3n) is 4.18. The van der Waals surface area contributed by atoms with Gasteiger partial charge in [0, 0.05) is 19.1 Å². The number of fused-ring (bicyclic) bond motifs is 1. The van der Waals surface area contributed by atoms with Crippen molar-refractivity contribution in [3.63, 3.8) is 0 Å². The van der Waals surface area contributed by atoms with Gasteiger partial charge in [-0.25, -0.2) is 0 Å². The lowest BCUT2D eigenvalue weighted by Crippen LogP contribution is -2.36. The van der Waals surface area contributed by atoms with Crippen molar-refractivity contribution in [2.75, 3.05) is 26.7 Å². The van der Waals surface area contributed by atoms with Crippen molar-refractivity contribution in [2.24, 2.45) is 5.41 Å². The zero-order chi connectivity index (χ0) is 13.2. The molecular formula is C16H26N2. The predicted molar refractivity (Wildman–Crippen MR) is 77.8 cm³/mol. The molecule has 1 aliphatic carbocycles. The minimum Gasteiger partial charge on any atom is -0.308 e. The van der Waals surface area contributed by atoms with Crippen LogP contribution in [0.15, 0.2) is 24.3 Å². The van der Waals surface area contributed by atoms with E-state index in [9.17, 15) is 0 Å². The van der Waals surface area contributed by atoms with Gasteiger partial charge >= 0.3 is 0 Å². The fraction of sp³-hybridized carbons (Fsp3) is 0.625. The van der Waals surface area contributed by atoms with Gasteiger partial charge in [0.25, 0.3) is 0 Å². The van der Waals surface area contributed by atoms with Gasteiger partial charge in [-0.2, -0.15) is 0 Å². The van der Waals surface area contributed by atoms with E-state index in [-0.39, 0.29) is 0 Å². The van der Waals surface area contributed by atoms with Gasteiger partial charge in [0.1, 0.15) is 0 Å². The van der Waals surface area contributed by atoms with Crippen molar-refractivity contribution < 1.29 is 0 Å². The summed E-state index contributed by atoms with van der Waals surface area (Å²) in [4.78, 5) is 2.35.